The maximum atomic E-state index is 3.63. The van der Waals surface area contributed by atoms with Gasteiger partial charge in [0.05, 0.1) is 26.2 Å². The summed E-state index contributed by atoms with van der Waals surface area (Å²) >= 11 is 0. The van der Waals surface area contributed by atoms with Gasteiger partial charge >= 0.3 is 0 Å². The van der Waals surface area contributed by atoms with Gasteiger partial charge in [-0.15, -0.1) is 0 Å². The van der Waals surface area contributed by atoms with E-state index in [-0.39, 0.29) is 12.4 Å². The van der Waals surface area contributed by atoms with Crippen LogP contribution in [-0.2, 0) is 0 Å². The third kappa shape index (κ3) is 13.4. The highest BCUT2D eigenvalue weighted by Crippen LogP contribution is 2.16. The monoisotopic (exact) mass is 381 g/mol. The van der Waals surface area contributed by atoms with Crippen LogP contribution in [0.25, 0.3) is 6.08 Å². The lowest BCUT2D eigenvalue weighted by atomic mass is 10.1. The topological polar surface area (TPSA) is 0 Å². The average molecular weight is 382 g/mol. The Morgan fingerprint density at radius 2 is 1.04 bits per heavy atom. The maximum Gasteiger partial charge on any atom is 0.0786 e. The van der Waals surface area contributed by atoms with Gasteiger partial charge in [-0.05, 0) is 31.2 Å². The number of quaternary nitrogens is 1. The molecule has 1 nitrogen and oxygen atoms in total. The van der Waals surface area contributed by atoms with Gasteiger partial charge in [-0.25, -0.2) is 0 Å². The molecule has 0 radical (unpaired) electrons. The number of hydrogen-bond donors (Lipinski definition) is 0. The Morgan fingerprint density at radius 3 is 1.27 bits per heavy atom. The summed E-state index contributed by atoms with van der Waals surface area (Å²) in [6.07, 6.45) is 12.9. The van der Waals surface area contributed by atoms with E-state index >= 15 is 0 Å². The lowest BCUT2D eigenvalue weighted by Crippen LogP contribution is -3.00. The molecule has 26 heavy (non-hydrogen) atoms. The van der Waals surface area contributed by atoms with E-state index in [0.29, 0.717) is 0 Å². The van der Waals surface area contributed by atoms with E-state index in [2.05, 4.69) is 34.3 Å². The summed E-state index contributed by atoms with van der Waals surface area (Å²) in [4.78, 5) is 0. The number of unbranched alkanes of at least 4 members (excludes halogenated alkanes) is 4. The Balaban J connectivity index is 0. The fourth-order valence-corrected chi connectivity index (χ4v) is 3.23. The summed E-state index contributed by atoms with van der Waals surface area (Å²) in [5, 5.41) is 0. The predicted octanol–water partition coefficient (Wildman–Crippen LogP) is 4.34. The molecule has 0 aliphatic carbocycles. The van der Waals surface area contributed by atoms with Gasteiger partial charge in [-0.1, -0.05) is 96.4 Å². The number of halogens is 1. The third-order valence-electron chi connectivity index (χ3n) is 4.98. The molecule has 152 valence electrons. The summed E-state index contributed by atoms with van der Waals surface area (Å²) in [6, 6.07) is 10.0. The molecular formula is C24H44ClN. The molecule has 0 bridgehead atoms. The standard InChI is InChI=1S/C16H36N.C8H8.ClH/c1-5-9-13-17(14-10-6-2,15-11-7-3)16-12-8-4;1-2-8-6-4-3-5-7-8;/h5-16H2,1-4H3;2-7H,1H2;1H/q+1;;/p-1. The second-order valence-corrected chi connectivity index (χ2v) is 7.27. The molecule has 2 heteroatoms. The minimum atomic E-state index is 0. The van der Waals surface area contributed by atoms with Crippen molar-refractivity contribution in [1.29, 1.82) is 0 Å². The Kier molecular flexibility index (Phi) is 20.0. The number of rotatable bonds is 13. The summed E-state index contributed by atoms with van der Waals surface area (Å²) in [5.74, 6) is 0. The van der Waals surface area contributed by atoms with Crippen molar-refractivity contribution < 1.29 is 16.9 Å². The Labute approximate surface area is 170 Å². The van der Waals surface area contributed by atoms with Crippen LogP contribution in [0.1, 0.15) is 84.6 Å². The van der Waals surface area contributed by atoms with Gasteiger partial charge in [-0.2, -0.15) is 0 Å². The van der Waals surface area contributed by atoms with E-state index in [1.807, 2.05) is 36.4 Å². The van der Waals surface area contributed by atoms with Gasteiger partial charge in [-0.3, -0.25) is 0 Å². The molecule has 0 heterocycles. The van der Waals surface area contributed by atoms with Gasteiger partial charge in [0.15, 0.2) is 0 Å². The van der Waals surface area contributed by atoms with Crippen LogP contribution >= 0.6 is 0 Å². The van der Waals surface area contributed by atoms with Gasteiger partial charge < -0.3 is 16.9 Å². The molecule has 0 aliphatic rings. The minimum Gasteiger partial charge on any atom is -1.00 e. The van der Waals surface area contributed by atoms with Crippen molar-refractivity contribution in [3.05, 3.63) is 42.5 Å². The zero-order valence-corrected chi connectivity index (χ0v) is 18.7. The van der Waals surface area contributed by atoms with Crippen molar-refractivity contribution >= 4 is 6.08 Å². The Bertz CT molecular complexity index is 364. The molecule has 0 fully saturated rings. The van der Waals surface area contributed by atoms with Gasteiger partial charge in [0.1, 0.15) is 0 Å². The Hall–Kier alpha value is -0.790. The fraction of sp³-hybridized carbons (Fsp3) is 0.667. The van der Waals surface area contributed by atoms with E-state index in [1.165, 1.54) is 87.6 Å². The second-order valence-electron chi connectivity index (χ2n) is 7.27. The quantitative estimate of drug-likeness (QED) is 0.446. The van der Waals surface area contributed by atoms with Crippen LogP contribution in [0.5, 0.6) is 0 Å². The van der Waals surface area contributed by atoms with Crippen molar-refractivity contribution in [2.24, 2.45) is 0 Å². The van der Waals surface area contributed by atoms with Gasteiger partial charge in [0.25, 0.3) is 0 Å². The van der Waals surface area contributed by atoms with Crippen molar-refractivity contribution in [2.45, 2.75) is 79.1 Å². The molecule has 0 spiro atoms. The molecule has 1 aromatic carbocycles. The molecule has 0 atom stereocenters. The fourth-order valence-electron chi connectivity index (χ4n) is 3.23. The van der Waals surface area contributed by atoms with Crippen LogP contribution in [0.15, 0.2) is 36.9 Å². The zero-order chi connectivity index (χ0) is 18.8. The third-order valence-corrected chi connectivity index (χ3v) is 4.98. The van der Waals surface area contributed by atoms with Crippen molar-refractivity contribution in [3.63, 3.8) is 0 Å². The number of hydrogen-bond acceptors (Lipinski definition) is 0. The van der Waals surface area contributed by atoms with Crippen LogP contribution in [-0.4, -0.2) is 30.7 Å². The first-order valence-corrected chi connectivity index (χ1v) is 10.7. The SMILES string of the molecule is C=Cc1ccccc1.CCCC[N+](CCCC)(CCCC)CCCC.[Cl-]. The molecule has 0 amide bonds. The first kappa shape index (κ1) is 27.4. The normalized spacial score (nSPS) is 10.5. The Morgan fingerprint density at radius 1 is 0.692 bits per heavy atom. The zero-order valence-electron chi connectivity index (χ0n) is 18.0. The predicted molar refractivity (Wildman–Crippen MR) is 116 cm³/mol. The highest BCUT2D eigenvalue weighted by Gasteiger charge is 2.24. The lowest BCUT2D eigenvalue weighted by molar-refractivity contribution is -0.929. The minimum absolute atomic E-state index is 0. The smallest absolute Gasteiger partial charge is 0.0786 e. The van der Waals surface area contributed by atoms with Gasteiger partial charge in [0, 0.05) is 0 Å². The van der Waals surface area contributed by atoms with Crippen LogP contribution in [0.3, 0.4) is 0 Å². The first-order chi connectivity index (χ1) is 12.2. The molecule has 1 rings (SSSR count). The summed E-state index contributed by atoms with van der Waals surface area (Å²) in [7, 11) is 0. The molecular weight excluding hydrogens is 338 g/mol. The highest BCUT2D eigenvalue weighted by atomic mass is 35.5. The summed E-state index contributed by atoms with van der Waals surface area (Å²) in [6.45, 7) is 18.6. The maximum absolute atomic E-state index is 3.63. The lowest BCUT2D eigenvalue weighted by Gasteiger charge is -2.39. The van der Waals surface area contributed by atoms with Crippen molar-refractivity contribution in [3.8, 4) is 0 Å². The second kappa shape index (κ2) is 19.0. The number of benzene rings is 1. The molecule has 0 unspecified atom stereocenters. The first-order valence-electron chi connectivity index (χ1n) is 10.7. The average Bonchev–Trinajstić information content (AvgIpc) is 2.68. The van der Waals surface area contributed by atoms with Crippen LogP contribution < -0.4 is 12.4 Å². The van der Waals surface area contributed by atoms with E-state index in [1.54, 1.807) is 0 Å². The van der Waals surface area contributed by atoms with Crippen LogP contribution in [0, 0.1) is 0 Å². The van der Waals surface area contributed by atoms with E-state index in [9.17, 15) is 0 Å². The van der Waals surface area contributed by atoms with Crippen molar-refractivity contribution in [1.82, 2.24) is 0 Å². The highest BCUT2D eigenvalue weighted by molar-refractivity contribution is 5.45. The van der Waals surface area contributed by atoms with Crippen LogP contribution in [0.2, 0.25) is 0 Å². The van der Waals surface area contributed by atoms with Gasteiger partial charge in [0.2, 0.25) is 0 Å². The molecule has 0 aromatic heterocycles. The molecule has 0 aliphatic heterocycles. The number of nitrogens with zero attached hydrogens (tertiary/aromatic N) is 1. The van der Waals surface area contributed by atoms with Crippen molar-refractivity contribution in [2.75, 3.05) is 26.2 Å². The molecule has 0 N–H and O–H groups in total. The van der Waals surface area contributed by atoms with Crippen LogP contribution in [0.4, 0.5) is 0 Å². The van der Waals surface area contributed by atoms with E-state index in [4.69, 9.17) is 0 Å². The largest absolute Gasteiger partial charge is 1.00 e. The molecule has 1 aromatic rings. The van der Waals surface area contributed by atoms with E-state index < -0.39 is 0 Å². The summed E-state index contributed by atoms with van der Waals surface area (Å²) < 4.78 is 1.42. The molecule has 0 saturated carbocycles. The summed E-state index contributed by atoms with van der Waals surface area (Å²) in [5.41, 5.74) is 1.17. The molecule has 0 saturated heterocycles. The van der Waals surface area contributed by atoms with E-state index in [0.717, 1.165) is 0 Å².